The van der Waals surface area contributed by atoms with Gasteiger partial charge in [-0.25, -0.2) is 0 Å². The highest BCUT2D eigenvalue weighted by Crippen LogP contribution is 2.14. The van der Waals surface area contributed by atoms with E-state index in [0.29, 0.717) is 0 Å². The van der Waals surface area contributed by atoms with Crippen LogP contribution in [0.1, 0.15) is 42.4 Å². The van der Waals surface area contributed by atoms with E-state index in [0.717, 1.165) is 5.33 Å². The number of rotatable bonds is 6. The van der Waals surface area contributed by atoms with Crippen molar-refractivity contribution in [2.24, 2.45) is 0 Å². The number of halogens is 1. The molecule has 1 aromatic rings. The second kappa shape index (κ2) is 7.05. The Hall–Kier alpha value is -0.300. The van der Waals surface area contributed by atoms with E-state index in [-0.39, 0.29) is 0 Å². The predicted octanol–water partition coefficient (Wildman–Crippen LogP) is 4.80. The van der Waals surface area contributed by atoms with Crippen molar-refractivity contribution in [3.63, 3.8) is 0 Å². The Morgan fingerprint density at radius 2 is 1.73 bits per heavy atom. The number of unbranched alkanes of at least 4 members (excludes halogenated alkanes) is 3. The summed E-state index contributed by atoms with van der Waals surface area (Å²) in [5, 5.41) is 1.15. The Bertz CT molecular complexity index is 291. The fraction of sp³-hybridized carbons (Fsp3) is 0.571. The van der Waals surface area contributed by atoms with Gasteiger partial charge in [0.05, 0.1) is 0 Å². The lowest BCUT2D eigenvalue weighted by Gasteiger charge is -2.06. The van der Waals surface area contributed by atoms with Crippen LogP contribution in [-0.2, 0) is 6.42 Å². The molecule has 0 aliphatic heterocycles. The first-order chi connectivity index (χ1) is 7.24. The van der Waals surface area contributed by atoms with Crippen molar-refractivity contribution in [3.8, 4) is 0 Å². The van der Waals surface area contributed by atoms with Crippen LogP contribution in [0.4, 0.5) is 0 Å². The van der Waals surface area contributed by atoms with Gasteiger partial charge in [0.2, 0.25) is 0 Å². The lowest BCUT2D eigenvalue weighted by Crippen LogP contribution is -1.91. The molecule has 0 saturated heterocycles. The molecule has 0 N–H and O–H groups in total. The molecule has 0 aliphatic carbocycles. The maximum atomic E-state index is 3.47. The SMILES string of the molecule is Cc1ccc(CCCCCCBr)c(C)c1. The van der Waals surface area contributed by atoms with Crippen LogP contribution in [-0.4, -0.2) is 5.33 Å². The molecule has 84 valence electrons. The summed E-state index contributed by atoms with van der Waals surface area (Å²) in [6, 6.07) is 6.80. The lowest BCUT2D eigenvalue weighted by molar-refractivity contribution is 0.670. The zero-order chi connectivity index (χ0) is 11.1. The Morgan fingerprint density at radius 3 is 2.40 bits per heavy atom. The van der Waals surface area contributed by atoms with Gasteiger partial charge < -0.3 is 0 Å². The van der Waals surface area contributed by atoms with E-state index in [1.54, 1.807) is 0 Å². The average Bonchev–Trinajstić information content (AvgIpc) is 2.20. The Morgan fingerprint density at radius 1 is 1.00 bits per heavy atom. The highest BCUT2D eigenvalue weighted by Gasteiger charge is 1.98. The number of alkyl halides is 1. The maximum absolute atomic E-state index is 3.47. The summed E-state index contributed by atoms with van der Waals surface area (Å²) in [4.78, 5) is 0. The minimum absolute atomic E-state index is 1.15. The van der Waals surface area contributed by atoms with Crippen LogP contribution < -0.4 is 0 Å². The third kappa shape index (κ3) is 4.83. The highest BCUT2D eigenvalue weighted by atomic mass is 79.9. The van der Waals surface area contributed by atoms with Crippen LogP contribution >= 0.6 is 15.9 Å². The monoisotopic (exact) mass is 268 g/mol. The van der Waals surface area contributed by atoms with Crippen molar-refractivity contribution < 1.29 is 0 Å². The summed E-state index contributed by atoms with van der Waals surface area (Å²) < 4.78 is 0. The van der Waals surface area contributed by atoms with Crippen molar-refractivity contribution in [2.45, 2.75) is 46.0 Å². The van der Waals surface area contributed by atoms with E-state index in [4.69, 9.17) is 0 Å². The van der Waals surface area contributed by atoms with Crippen molar-refractivity contribution >= 4 is 15.9 Å². The largest absolute Gasteiger partial charge is 0.0928 e. The van der Waals surface area contributed by atoms with Crippen LogP contribution in [0.15, 0.2) is 18.2 Å². The smallest absolute Gasteiger partial charge is 0.00313 e. The van der Waals surface area contributed by atoms with Gasteiger partial charge in [0, 0.05) is 5.33 Å². The summed E-state index contributed by atoms with van der Waals surface area (Å²) in [5.41, 5.74) is 4.35. The summed E-state index contributed by atoms with van der Waals surface area (Å²) in [6.45, 7) is 4.38. The number of hydrogen-bond donors (Lipinski definition) is 0. The molecule has 1 heteroatoms. The second-order valence-electron chi connectivity index (χ2n) is 4.28. The summed E-state index contributed by atoms with van der Waals surface area (Å²) >= 11 is 3.47. The summed E-state index contributed by atoms with van der Waals surface area (Å²) in [6.07, 6.45) is 6.60. The molecule has 0 heterocycles. The van der Waals surface area contributed by atoms with Gasteiger partial charge in [-0.3, -0.25) is 0 Å². The van der Waals surface area contributed by atoms with E-state index in [1.807, 2.05) is 0 Å². The number of benzene rings is 1. The molecule has 0 atom stereocenters. The van der Waals surface area contributed by atoms with E-state index in [9.17, 15) is 0 Å². The molecule has 15 heavy (non-hydrogen) atoms. The molecule has 0 saturated carbocycles. The molecule has 0 aliphatic rings. The van der Waals surface area contributed by atoms with Gasteiger partial charge in [-0.15, -0.1) is 0 Å². The van der Waals surface area contributed by atoms with Crippen molar-refractivity contribution in [1.82, 2.24) is 0 Å². The molecule has 0 bridgehead atoms. The van der Waals surface area contributed by atoms with Crippen molar-refractivity contribution in [3.05, 3.63) is 34.9 Å². The Kier molecular flexibility index (Phi) is 6.00. The molecule has 0 unspecified atom stereocenters. The second-order valence-corrected chi connectivity index (χ2v) is 5.08. The van der Waals surface area contributed by atoms with Gasteiger partial charge in [0.1, 0.15) is 0 Å². The zero-order valence-electron chi connectivity index (χ0n) is 9.85. The maximum Gasteiger partial charge on any atom is 0.00313 e. The first-order valence-electron chi connectivity index (χ1n) is 5.86. The normalized spacial score (nSPS) is 10.6. The van der Waals surface area contributed by atoms with Crippen LogP contribution in [0.3, 0.4) is 0 Å². The molecule has 0 radical (unpaired) electrons. The van der Waals surface area contributed by atoms with Crippen molar-refractivity contribution in [2.75, 3.05) is 5.33 Å². The quantitative estimate of drug-likeness (QED) is 0.514. The minimum Gasteiger partial charge on any atom is -0.0928 e. The standard InChI is InChI=1S/C14H21Br/c1-12-8-9-14(13(2)11-12)7-5-3-4-6-10-15/h8-9,11H,3-7,10H2,1-2H3. The van der Waals surface area contributed by atoms with E-state index < -0.39 is 0 Å². The van der Waals surface area contributed by atoms with Crippen LogP contribution in [0.2, 0.25) is 0 Å². The molecule has 1 rings (SSSR count). The predicted molar refractivity (Wildman–Crippen MR) is 71.9 cm³/mol. The molecular formula is C14H21Br. The van der Waals surface area contributed by atoms with Gasteiger partial charge in [-0.2, -0.15) is 0 Å². The highest BCUT2D eigenvalue weighted by molar-refractivity contribution is 9.09. The first-order valence-corrected chi connectivity index (χ1v) is 6.98. The van der Waals surface area contributed by atoms with Gasteiger partial charge in [0.25, 0.3) is 0 Å². The van der Waals surface area contributed by atoms with Crippen LogP contribution in [0, 0.1) is 13.8 Å². The van der Waals surface area contributed by atoms with E-state index in [1.165, 1.54) is 48.8 Å². The zero-order valence-corrected chi connectivity index (χ0v) is 11.4. The fourth-order valence-corrected chi connectivity index (χ4v) is 2.29. The molecule has 0 amide bonds. The first kappa shape index (κ1) is 12.8. The van der Waals surface area contributed by atoms with Gasteiger partial charge in [0.15, 0.2) is 0 Å². The van der Waals surface area contributed by atoms with Gasteiger partial charge in [-0.1, -0.05) is 52.5 Å². The van der Waals surface area contributed by atoms with Crippen molar-refractivity contribution in [1.29, 1.82) is 0 Å². The number of aryl methyl sites for hydroxylation is 3. The topological polar surface area (TPSA) is 0 Å². The number of hydrogen-bond acceptors (Lipinski definition) is 0. The average molecular weight is 269 g/mol. The van der Waals surface area contributed by atoms with Gasteiger partial charge in [-0.05, 0) is 44.2 Å². The third-order valence-corrected chi connectivity index (χ3v) is 3.39. The fourth-order valence-electron chi connectivity index (χ4n) is 1.89. The van der Waals surface area contributed by atoms with Gasteiger partial charge >= 0.3 is 0 Å². The molecule has 0 spiro atoms. The summed E-state index contributed by atoms with van der Waals surface area (Å²) in [7, 11) is 0. The summed E-state index contributed by atoms with van der Waals surface area (Å²) in [5.74, 6) is 0. The minimum atomic E-state index is 1.15. The molecule has 0 fully saturated rings. The Balaban J connectivity index is 2.31. The molecular weight excluding hydrogens is 248 g/mol. The third-order valence-electron chi connectivity index (χ3n) is 2.83. The van der Waals surface area contributed by atoms with E-state index in [2.05, 4.69) is 48.0 Å². The molecule has 0 aromatic heterocycles. The van der Waals surface area contributed by atoms with Crippen LogP contribution in [0.25, 0.3) is 0 Å². The molecule has 1 aromatic carbocycles. The van der Waals surface area contributed by atoms with Crippen LogP contribution in [0.5, 0.6) is 0 Å². The molecule has 0 nitrogen and oxygen atoms in total. The lowest BCUT2D eigenvalue weighted by atomic mass is 10.00. The Labute approximate surface area is 102 Å². The van der Waals surface area contributed by atoms with E-state index >= 15 is 0 Å².